The molecule has 0 N–H and O–H groups in total. The predicted octanol–water partition coefficient (Wildman–Crippen LogP) is 3.50. The molecule has 0 bridgehead atoms. The maximum absolute atomic E-state index is 5.50. The van der Waals surface area contributed by atoms with Crippen LogP contribution in [0, 0.1) is 6.92 Å². The van der Waals surface area contributed by atoms with Crippen LogP contribution in [0.15, 0.2) is 48.5 Å². The zero-order chi connectivity index (χ0) is 14.0. The Morgan fingerprint density at radius 1 is 0.857 bits per heavy atom. The summed E-state index contributed by atoms with van der Waals surface area (Å²) in [5, 5.41) is 2.57. The lowest BCUT2D eigenvalue weighted by molar-refractivity contribution is -0.00377. The van der Waals surface area contributed by atoms with E-state index in [2.05, 4.69) is 55.5 Å². The van der Waals surface area contributed by atoms with E-state index in [4.69, 9.17) is 9.31 Å². The number of benzene rings is 3. The standard InChI is InChI=1S/C18H13BO2/c1-11-5-6-12-14-7-8-17(19-20-10-21-19)15-4-2-3-13(18(14)15)16(12)9-11/h2-9H,10H2,1H3. The third-order valence-corrected chi connectivity index (χ3v) is 4.52. The molecule has 0 radical (unpaired) electrons. The quantitative estimate of drug-likeness (QED) is 0.494. The zero-order valence-electron chi connectivity index (χ0n) is 11.7. The largest absolute Gasteiger partial charge is 0.497 e. The molecule has 0 unspecified atom stereocenters. The van der Waals surface area contributed by atoms with Crippen LogP contribution in [0.3, 0.4) is 0 Å². The van der Waals surface area contributed by atoms with Crippen LogP contribution in [-0.4, -0.2) is 13.9 Å². The highest BCUT2D eigenvalue weighted by Gasteiger charge is 2.32. The average Bonchev–Trinajstić information content (AvgIpc) is 2.75. The number of hydrogen-bond donors (Lipinski definition) is 0. The van der Waals surface area contributed by atoms with E-state index in [0.29, 0.717) is 6.79 Å². The van der Waals surface area contributed by atoms with Crippen molar-refractivity contribution < 1.29 is 9.31 Å². The molecule has 0 spiro atoms. The Morgan fingerprint density at radius 3 is 2.48 bits per heavy atom. The summed E-state index contributed by atoms with van der Waals surface area (Å²) in [6.45, 7) is 2.54. The highest BCUT2D eigenvalue weighted by atomic mass is 16.8. The second-order valence-electron chi connectivity index (χ2n) is 5.76. The molecule has 0 aromatic heterocycles. The van der Waals surface area contributed by atoms with E-state index in [9.17, 15) is 0 Å². The van der Waals surface area contributed by atoms with Gasteiger partial charge in [-0.15, -0.1) is 0 Å². The zero-order valence-corrected chi connectivity index (χ0v) is 11.7. The highest BCUT2D eigenvalue weighted by Crippen LogP contribution is 2.46. The Kier molecular flexibility index (Phi) is 2.18. The smallest absolute Gasteiger partial charge is 0.385 e. The number of rotatable bonds is 1. The van der Waals surface area contributed by atoms with E-state index >= 15 is 0 Å². The molecule has 1 saturated heterocycles. The highest BCUT2D eigenvalue weighted by molar-refractivity contribution is 6.66. The molecule has 5 rings (SSSR count). The molecule has 1 aliphatic carbocycles. The van der Waals surface area contributed by atoms with E-state index in [-0.39, 0.29) is 7.12 Å². The number of aryl methyl sites for hydroxylation is 1. The lowest BCUT2D eigenvalue weighted by atomic mass is 9.74. The van der Waals surface area contributed by atoms with Crippen molar-refractivity contribution in [2.75, 3.05) is 6.79 Å². The number of hydrogen-bond acceptors (Lipinski definition) is 2. The Balaban J connectivity index is 1.88. The summed E-state index contributed by atoms with van der Waals surface area (Å²) < 4.78 is 11.0. The van der Waals surface area contributed by atoms with Gasteiger partial charge < -0.3 is 9.31 Å². The SMILES string of the molecule is Cc1ccc2c(c1)-c1cccc3c(B4OCO4)ccc-2c13. The molecule has 3 aromatic carbocycles. The van der Waals surface area contributed by atoms with Gasteiger partial charge in [-0.05, 0) is 45.4 Å². The molecule has 3 heteroatoms. The molecular weight excluding hydrogens is 259 g/mol. The van der Waals surface area contributed by atoms with Crippen LogP contribution in [0.5, 0.6) is 0 Å². The van der Waals surface area contributed by atoms with E-state index in [1.165, 1.54) is 38.6 Å². The third kappa shape index (κ3) is 1.45. The average molecular weight is 272 g/mol. The van der Waals surface area contributed by atoms with Crippen molar-refractivity contribution in [3.8, 4) is 22.3 Å². The lowest BCUT2D eigenvalue weighted by Gasteiger charge is -2.24. The second-order valence-corrected chi connectivity index (χ2v) is 5.76. The lowest BCUT2D eigenvalue weighted by Crippen LogP contribution is -2.46. The summed E-state index contributed by atoms with van der Waals surface area (Å²) in [7, 11) is -0.209. The first-order valence-electron chi connectivity index (χ1n) is 7.23. The summed E-state index contributed by atoms with van der Waals surface area (Å²) in [5.74, 6) is 0. The van der Waals surface area contributed by atoms with Crippen LogP contribution in [0.25, 0.3) is 33.0 Å². The van der Waals surface area contributed by atoms with Crippen LogP contribution in [0.1, 0.15) is 5.56 Å². The van der Waals surface area contributed by atoms with Gasteiger partial charge in [-0.25, -0.2) is 0 Å². The molecule has 3 aromatic rings. The molecule has 1 heterocycles. The van der Waals surface area contributed by atoms with E-state index in [1.54, 1.807) is 0 Å². The maximum Gasteiger partial charge on any atom is 0.497 e. The van der Waals surface area contributed by atoms with Crippen molar-refractivity contribution in [1.82, 2.24) is 0 Å². The van der Waals surface area contributed by atoms with Crippen molar-refractivity contribution >= 4 is 23.4 Å². The Bertz CT molecular complexity index is 897. The molecule has 1 aliphatic heterocycles. The molecule has 1 fully saturated rings. The Morgan fingerprint density at radius 2 is 1.67 bits per heavy atom. The topological polar surface area (TPSA) is 18.5 Å². The van der Waals surface area contributed by atoms with Gasteiger partial charge in [0.25, 0.3) is 0 Å². The fourth-order valence-electron chi connectivity index (χ4n) is 3.52. The summed E-state index contributed by atoms with van der Waals surface area (Å²) in [6.07, 6.45) is 0. The first-order valence-corrected chi connectivity index (χ1v) is 7.23. The van der Waals surface area contributed by atoms with Crippen LogP contribution in [0.4, 0.5) is 0 Å². The molecule has 0 atom stereocenters. The molecule has 21 heavy (non-hydrogen) atoms. The molecule has 0 amide bonds. The van der Waals surface area contributed by atoms with Crippen molar-refractivity contribution in [3.63, 3.8) is 0 Å². The van der Waals surface area contributed by atoms with E-state index in [0.717, 1.165) is 5.46 Å². The van der Waals surface area contributed by atoms with Crippen LogP contribution in [0.2, 0.25) is 0 Å². The maximum atomic E-state index is 5.50. The van der Waals surface area contributed by atoms with E-state index in [1.807, 2.05) is 0 Å². The minimum atomic E-state index is -0.209. The first-order chi connectivity index (χ1) is 10.3. The van der Waals surface area contributed by atoms with Gasteiger partial charge in [0.05, 0.1) is 0 Å². The van der Waals surface area contributed by atoms with Gasteiger partial charge in [0, 0.05) is 0 Å². The Labute approximate surface area is 123 Å². The molecule has 2 aliphatic rings. The molecule has 0 saturated carbocycles. The van der Waals surface area contributed by atoms with E-state index < -0.39 is 0 Å². The molecular formula is C18H13BO2. The minimum Gasteiger partial charge on any atom is -0.385 e. The van der Waals surface area contributed by atoms with Crippen LogP contribution in [-0.2, 0) is 9.31 Å². The molecule has 100 valence electrons. The fraction of sp³-hybridized carbons (Fsp3) is 0.111. The van der Waals surface area contributed by atoms with Crippen molar-refractivity contribution in [3.05, 3.63) is 54.1 Å². The van der Waals surface area contributed by atoms with Gasteiger partial charge >= 0.3 is 7.12 Å². The van der Waals surface area contributed by atoms with Gasteiger partial charge in [0.1, 0.15) is 6.79 Å². The minimum absolute atomic E-state index is 0.209. The van der Waals surface area contributed by atoms with Crippen molar-refractivity contribution in [2.24, 2.45) is 0 Å². The number of fused-ring (bicyclic) bond motifs is 3. The molecule has 2 nitrogen and oxygen atoms in total. The Hall–Kier alpha value is -2.10. The van der Waals surface area contributed by atoms with Crippen molar-refractivity contribution in [1.29, 1.82) is 0 Å². The van der Waals surface area contributed by atoms with Crippen molar-refractivity contribution in [2.45, 2.75) is 6.92 Å². The summed E-state index contributed by atoms with van der Waals surface area (Å²) >= 11 is 0. The van der Waals surface area contributed by atoms with Crippen LogP contribution >= 0.6 is 0 Å². The summed E-state index contributed by atoms with van der Waals surface area (Å²) in [6, 6.07) is 17.5. The van der Waals surface area contributed by atoms with Gasteiger partial charge in [0.15, 0.2) is 0 Å². The summed E-state index contributed by atoms with van der Waals surface area (Å²) in [4.78, 5) is 0. The second kappa shape index (κ2) is 3.97. The third-order valence-electron chi connectivity index (χ3n) is 4.52. The predicted molar refractivity (Wildman–Crippen MR) is 85.5 cm³/mol. The van der Waals surface area contributed by atoms with Gasteiger partial charge in [0.2, 0.25) is 0 Å². The van der Waals surface area contributed by atoms with Gasteiger partial charge in [-0.1, -0.05) is 54.1 Å². The first kappa shape index (κ1) is 11.6. The van der Waals surface area contributed by atoms with Gasteiger partial charge in [-0.3, -0.25) is 0 Å². The fourth-order valence-corrected chi connectivity index (χ4v) is 3.52. The normalized spacial score (nSPS) is 15.2. The summed E-state index contributed by atoms with van der Waals surface area (Å²) in [5.41, 5.74) is 7.73. The van der Waals surface area contributed by atoms with Gasteiger partial charge in [-0.2, -0.15) is 0 Å². The van der Waals surface area contributed by atoms with Crippen LogP contribution < -0.4 is 5.46 Å². The monoisotopic (exact) mass is 272 g/mol.